The highest BCUT2D eigenvalue weighted by atomic mass is 79.9. The largest absolute Gasteiger partial charge is 0.439 e. The first kappa shape index (κ1) is 20.3. The Kier molecular flexibility index (Phi) is 7.18. The summed E-state index contributed by atoms with van der Waals surface area (Å²) in [7, 11) is 0. The maximum absolute atomic E-state index is 12.0. The molecule has 0 saturated carbocycles. The number of nitrogens with one attached hydrogen (secondary N) is 3. The van der Waals surface area contributed by atoms with E-state index in [1.807, 2.05) is 42.5 Å². The molecule has 3 amide bonds. The lowest BCUT2D eigenvalue weighted by molar-refractivity contribution is -0.116. The zero-order valence-electron chi connectivity index (χ0n) is 15.4. The van der Waals surface area contributed by atoms with Gasteiger partial charge in [0.2, 0.25) is 11.8 Å². The van der Waals surface area contributed by atoms with Gasteiger partial charge in [-0.15, -0.1) is 0 Å². The number of rotatable bonds is 7. The third-order valence-corrected chi connectivity index (χ3v) is 4.20. The Bertz CT molecular complexity index is 965. The lowest BCUT2D eigenvalue weighted by Gasteiger charge is -2.09. The van der Waals surface area contributed by atoms with Crippen LogP contribution in [0.4, 0.5) is 16.2 Å². The van der Waals surface area contributed by atoms with E-state index in [1.165, 1.54) is 6.20 Å². The van der Waals surface area contributed by atoms with Crippen molar-refractivity contribution in [2.75, 3.05) is 17.2 Å². The van der Waals surface area contributed by atoms with Crippen LogP contribution in [-0.2, 0) is 4.79 Å². The first-order valence-electron chi connectivity index (χ1n) is 8.88. The zero-order valence-corrected chi connectivity index (χ0v) is 17.0. The Morgan fingerprint density at radius 1 is 0.931 bits per heavy atom. The number of para-hydroxylation sites is 1. The number of pyridine rings is 1. The fourth-order valence-corrected chi connectivity index (χ4v) is 2.75. The highest BCUT2D eigenvalue weighted by Crippen LogP contribution is 2.23. The molecule has 148 valence electrons. The lowest BCUT2D eigenvalue weighted by Crippen LogP contribution is -2.31. The molecule has 3 rings (SSSR count). The summed E-state index contributed by atoms with van der Waals surface area (Å²) in [6.45, 7) is 0.210. The summed E-state index contributed by atoms with van der Waals surface area (Å²) in [6, 6.07) is 19.5. The topological polar surface area (TPSA) is 92.4 Å². The van der Waals surface area contributed by atoms with E-state index in [1.54, 1.807) is 24.3 Å². The summed E-state index contributed by atoms with van der Waals surface area (Å²) >= 11 is 3.38. The summed E-state index contributed by atoms with van der Waals surface area (Å²) in [6.07, 6.45) is 1.65. The SMILES string of the molecule is O=C(CCNC(=O)Nc1ccccc1)Nc1ccc(Oc2cccc(Br)c2)nc1. The molecule has 1 aromatic heterocycles. The van der Waals surface area contributed by atoms with E-state index in [2.05, 4.69) is 36.9 Å². The van der Waals surface area contributed by atoms with Gasteiger partial charge in [0.15, 0.2) is 0 Å². The fraction of sp³-hybridized carbons (Fsp3) is 0.0952. The molecule has 0 bridgehead atoms. The van der Waals surface area contributed by atoms with Gasteiger partial charge in [0.25, 0.3) is 0 Å². The van der Waals surface area contributed by atoms with Gasteiger partial charge < -0.3 is 20.7 Å². The standard InChI is InChI=1S/C21H19BrN4O3/c22-15-5-4-8-18(13-15)29-20-10-9-17(14-24-20)25-19(27)11-12-23-21(28)26-16-6-2-1-3-7-16/h1-10,13-14H,11-12H2,(H,25,27)(H2,23,26,28). The van der Waals surface area contributed by atoms with Gasteiger partial charge in [0.05, 0.1) is 11.9 Å². The van der Waals surface area contributed by atoms with Crippen LogP contribution in [0.25, 0.3) is 0 Å². The number of hydrogen-bond donors (Lipinski definition) is 3. The minimum Gasteiger partial charge on any atom is -0.439 e. The molecule has 0 fully saturated rings. The maximum atomic E-state index is 12.0. The van der Waals surface area contributed by atoms with Crippen molar-refractivity contribution in [1.82, 2.24) is 10.3 Å². The summed E-state index contributed by atoms with van der Waals surface area (Å²) in [4.78, 5) is 28.0. The number of hydrogen-bond acceptors (Lipinski definition) is 4. The van der Waals surface area contributed by atoms with Crippen LogP contribution >= 0.6 is 15.9 Å². The molecule has 0 radical (unpaired) electrons. The second kappa shape index (κ2) is 10.2. The smallest absolute Gasteiger partial charge is 0.319 e. The van der Waals surface area contributed by atoms with Crippen molar-refractivity contribution in [3.63, 3.8) is 0 Å². The van der Waals surface area contributed by atoms with E-state index >= 15 is 0 Å². The lowest BCUT2D eigenvalue weighted by atomic mass is 10.3. The van der Waals surface area contributed by atoms with Crippen molar-refractivity contribution >= 4 is 39.2 Å². The van der Waals surface area contributed by atoms with E-state index in [-0.39, 0.29) is 24.9 Å². The quantitative estimate of drug-likeness (QED) is 0.478. The molecule has 3 aromatic rings. The van der Waals surface area contributed by atoms with Crippen LogP contribution in [-0.4, -0.2) is 23.5 Å². The molecule has 29 heavy (non-hydrogen) atoms. The maximum Gasteiger partial charge on any atom is 0.319 e. The van der Waals surface area contributed by atoms with Crippen LogP contribution in [0.2, 0.25) is 0 Å². The average molecular weight is 455 g/mol. The number of carbonyl (C=O) groups is 2. The molecule has 0 unspecified atom stereocenters. The average Bonchev–Trinajstić information content (AvgIpc) is 2.70. The molecule has 2 aromatic carbocycles. The number of carbonyl (C=O) groups excluding carboxylic acids is 2. The first-order valence-corrected chi connectivity index (χ1v) is 9.67. The molecular weight excluding hydrogens is 436 g/mol. The van der Waals surface area contributed by atoms with Crippen molar-refractivity contribution in [2.45, 2.75) is 6.42 Å². The number of halogens is 1. The Balaban J connectivity index is 1.40. The van der Waals surface area contributed by atoms with Crippen LogP contribution < -0.4 is 20.7 Å². The Morgan fingerprint density at radius 2 is 1.76 bits per heavy atom. The van der Waals surface area contributed by atoms with Crippen LogP contribution in [0.3, 0.4) is 0 Å². The number of ether oxygens (including phenoxy) is 1. The second-order valence-electron chi connectivity index (χ2n) is 5.99. The van der Waals surface area contributed by atoms with E-state index < -0.39 is 0 Å². The van der Waals surface area contributed by atoms with E-state index in [0.29, 0.717) is 23.0 Å². The molecule has 0 saturated heterocycles. The number of aromatic nitrogens is 1. The minimum absolute atomic E-state index is 0.137. The van der Waals surface area contributed by atoms with Gasteiger partial charge in [0, 0.05) is 29.2 Å². The molecule has 0 atom stereocenters. The molecule has 1 heterocycles. The van der Waals surface area contributed by atoms with Crippen LogP contribution in [0.1, 0.15) is 6.42 Å². The van der Waals surface area contributed by atoms with Gasteiger partial charge in [-0.3, -0.25) is 4.79 Å². The van der Waals surface area contributed by atoms with Crippen molar-refractivity contribution in [3.8, 4) is 11.6 Å². The van der Waals surface area contributed by atoms with Crippen molar-refractivity contribution in [3.05, 3.63) is 77.4 Å². The number of benzene rings is 2. The van der Waals surface area contributed by atoms with Crippen LogP contribution in [0.15, 0.2) is 77.4 Å². The summed E-state index contributed by atoms with van der Waals surface area (Å²) < 4.78 is 6.56. The molecule has 0 aliphatic carbocycles. The third kappa shape index (κ3) is 6.93. The molecule has 7 nitrogen and oxygen atoms in total. The molecule has 0 spiro atoms. The van der Waals surface area contributed by atoms with Gasteiger partial charge in [-0.1, -0.05) is 40.2 Å². The van der Waals surface area contributed by atoms with E-state index in [4.69, 9.17) is 4.74 Å². The number of amides is 3. The number of nitrogens with zero attached hydrogens (tertiary/aromatic N) is 1. The van der Waals surface area contributed by atoms with E-state index in [0.717, 1.165) is 4.47 Å². The monoisotopic (exact) mass is 454 g/mol. The van der Waals surface area contributed by atoms with Crippen LogP contribution in [0.5, 0.6) is 11.6 Å². The second-order valence-corrected chi connectivity index (χ2v) is 6.91. The normalized spacial score (nSPS) is 10.1. The van der Waals surface area contributed by atoms with E-state index in [9.17, 15) is 9.59 Å². The zero-order chi connectivity index (χ0) is 20.5. The van der Waals surface area contributed by atoms with Crippen molar-refractivity contribution in [2.24, 2.45) is 0 Å². The molecular formula is C21H19BrN4O3. The molecule has 0 aliphatic heterocycles. The van der Waals surface area contributed by atoms with Crippen LogP contribution in [0, 0.1) is 0 Å². The van der Waals surface area contributed by atoms with Crippen molar-refractivity contribution in [1.29, 1.82) is 0 Å². The Labute approximate surface area is 176 Å². The Hall–Kier alpha value is -3.39. The van der Waals surface area contributed by atoms with Gasteiger partial charge >= 0.3 is 6.03 Å². The molecule has 0 aliphatic rings. The van der Waals surface area contributed by atoms with Gasteiger partial charge in [-0.25, -0.2) is 9.78 Å². The summed E-state index contributed by atoms with van der Waals surface area (Å²) in [5.41, 5.74) is 1.23. The third-order valence-electron chi connectivity index (χ3n) is 3.71. The molecule has 3 N–H and O–H groups in total. The number of urea groups is 1. The fourth-order valence-electron chi connectivity index (χ4n) is 2.38. The molecule has 8 heteroatoms. The highest BCUT2D eigenvalue weighted by Gasteiger charge is 2.06. The summed E-state index contributed by atoms with van der Waals surface area (Å²) in [5, 5.41) is 8.05. The van der Waals surface area contributed by atoms with Gasteiger partial charge in [0.1, 0.15) is 5.75 Å². The predicted molar refractivity (Wildman–Crippen MR) is 115 cm³/mol. The van der Waals surface area contributed by atoms with Gasteiger partial charge in [-0.2, -0.15) is 0 Å². The predicted octanol–water partition coefficient (Wildman–Crippen LogP) is 4.79. The first-order chi connectivity index (χ1) is 14.1. The van der Waals surface area contributed by atoms with Crippen molar-refractivity contribution < 1.29 is 14.3 Å². The minimum atomic E-state index is -0.361. The highest BCUT2D eigenvalue weighted by molar-refractivity contribution is 9.10. The van der Waals surface area contributed by atoms with Gasteiger partial charge in [-0.05, 0) is 36.4 Å². The Morgan fingerprint density at radius 3 is 2.48 bits per heavy atom. The summed E-state index contributed by atoms with van der Waals surface area (Å²) in [5.74, 6) is 0.844. The number of anilines is 2.